The molecule has 0 radical (unpaired) electrons. The quantitative estimate of drug-likeness (QED) is 0.853. The monoisotopic (exact) mass is 349 g/mol. The van der Waals surface area contributed by atoms with E-state index >= 15 is 0 Å². The normalized spacial score (nSPS) is 22.5. The third kappa shape index (κ3) is 3.46. The SMILES string of the molecule is CCC(NC(=O)O)C1(c2ccc(OC)cc2)CCC2(CC1)OCCO2. The molecular formula is C19H27NO5. The van der Waals surface area contributed by atoms with Gasteiger partial charge in [0.1, 0.15) is 5.75 Å². The highest BCUT2D eigenvalue weighted by Gasteiger charge is 2.50. The van der Waals surface area contributed by atoms with Crippen LogP contribution in [0.5, 0.6) is 5.75 Å². The van der Waals surface area contributed by atoms with Crippen molar-refractivity contribution in [2.75, 3.05) is 20.3 Å². The maximum absolute atomic E-state index is 11.4. The minimum Gasteiger partial charge on any atom is -0.497 e. The van der Waals surface area contributed by atoms with Crippen LogP contribution in [-0.2, 0) is 14.9 Å². The first-order valence-electron chi connectivity index (χ1n) is 8.95. The first kappa shape index (κ1) is 18.0. The molecule has 1 aliphatic carbocycles. The lowest BCUT2D eigenvalue weighted by atomic mass is 9.63. The molecule has 1 spiro atoms. The topological polar surface area (TPSA) is 77.0 Å². The van der Waals surface area contributed by atoms with Crippen molar-refractivity contribution in [3.8, 4) is 5.75 Å². The Balaban J connectivity index is 1.91. The number of amides is 1. The Labute approximate surface area is 148 Å². The van der Waals surface area contributed by atoms with E-state index in [4.69, 9.17) is 14.2 Å². The van der Waals surface area contributed by atoms with Gasteiger partial charge in [-0.3, -0.25) is 0 Å². The van der Waals surface area contributed by atoms with Crippen molar-refractivity contribution < 1.29 is 24.1 Å². The van der Waals surface area contributed by atoms with Gasteiger partial charge in [0.2, 0.25) is 0 Å². The summed E-state index contributed by atoms with van der Waals surface area (Å²) in [5.74, 6) is 0.324. The highest BCUT2D eigenvalue weighted by atomic mass is 16.7. The zero-order chi connectivity index (χ0) is 17.9. The van der Waals surface area contributed by atoms with Gasteiger partial charge in [0.15, 0.2) is 5.79 Å². The fourth-order valence-corrected chi connectivity index (χ4v) is 4.40. The molecular weight excluding hydrogens is 322 g/mol. The van der Waals surface area contributed by atoms with Crippen molar-refractivity contribution in [2.24, 2.45) is 0 Å². The lowest BCUT2D eigenvalue weighted by Crippen LogP contribution is -2.54. The van der Waals surface area contributed by atoms with E-state index in [1.54, 1.807) is 7.11 Å². The van der Waals surface area contributed by atoms with Crippen molar-refractivity contribution in [3.63, 3.8) is 0 Å². The third-order valence-electron chi connectivity index (χ3n) is 5.76. The molecule has 1 aromatic carbocycles. The molecule has 0 bridgehead atoms. The fourth-order valence-electron chi connectivity index (χ4n) is 4.40. The fraction of sp³-hybridized carbons (Fsp3) is 0.632. The van der Waals surface area contributed by atoms with E-state index in [0.29, 0.717) is 13.2 Å². The molecule has 1 heterocycles. The summed E-state index contributed by atoms with van der Waals surface area (Å²) >= 11 is 0. The number of rotatable bonds is 5. The molecule has 1 atom stereocenters. The number of benzene rings is 1. The maximum Gasteiger partial charge on any atom is 0.404 e. The molecule has 138 valence electrons. The first-order valence-corrected chi connectivity index (χ1v) is 8.95. The molecule has 6 nitrogen and oxygen atoms in total. The van der Waals surface area contributed by atoms with E-state index in [9.17, 15) is 9.90 Å². The summed E-state index contributed by atoms with van der Waals surface area (Å²) in [5, 5.41) is 12.1. The van der Waals surface area contributed by atoms with Crippen LogP contribution in [0.3, 0.4) is 0 Å². The number of hydrogen-bond acceptors (Lipinski definition) is 4. The van der Waals surface area contributed by atoms with E-state index in [2.05, 4.69) is 17.4 Å². The molecule has 3 rings (SSSR count). The Hall–Kier alpha value is -1.79. The van der Waals surface area contributed by atoms with Crippen molar-refractivity contribution in [2.45, 2.75) is 56.3 Å². The van der Waals surface area contributed by atoms with Gasteiger partial charge in [0.25, 0.3) is 0 Å². The molecule has 0 aromatic heterocycles. The Kier molecular flexibility index (Phi) is 5.20. The maximum atomic E-state index is 11.4. The Bertz CT molecular complexity index is 584. The van der Waals surface area contributed by atoms with E-state index < -0.39 is 11.9 Å². The second kappa shape index (κ2) is 7.22. The summed E-state index contributed by atoms with van der Waals surface area (Å²) in [6, 6.07) is 7.84. The summed E-state index contributed by atoms with van der Waals surface area (Å²) < 4.78 is 17.0. The molecule has 1 aliphatic heterocycles. The van der Waals surface area contributed by atoms with Crippen molar-refractivity contribution >= 4 is 6.09 Å². The van der Waals surface area contributed by atoms with Gasteiger partial charge in [-0.15, -0.1) is 0 Å². The van der Waals surface area contributed by atoms with Crippen LogP contribution in [0.2, 0.25) is 0 Å². The van der Waals surface area contributed by atoms with E-state index in [1.165, 1.54) is 0 Å². The number of carbonyl (C=O) groups is 1. The molecule has 1 saturated heterocycles. The number of nitrogens with one attached hydrogen (secondary N) is 1. The minimum atomic E-state index is -0.978. The highest BCUT2D eigenvalue weighted by Crippen LogP contribution is 2.49. The molecule has 25 heavy (non-hydrogen) atoms. The van der Waals surface area contributed by atoms with Gasteiger partial charge in [-0.1, -0.05) is 19.1 Å². The molecule has 1 aromatic rings. The zero-order valence-corrected chi connectivity index (χ0v) is 14.9. The Morgan fingerprint density at radius 3 is 2.28 bits per heavy atom. The summed E-state index contributed by atoms with van der Waals surface area (Å²) in [6.07, 6.45) is 2.94. The highest BCUT2D eigenvalue weighted by molar-refractivity contribution is 5.65. The van der Waals surface area contributed by atoms with Gasteiger partial charge >= 0.3 is 6.09 Å². The first-order chi connectivity index (χ1) is 12.0. The lowest BCUT2D eigenvalue weighted by molar-refractivity contribution is -0.186. The van der Waals surface area contributed by atoms with Crippen LogP contribution < -0.4 is 10.1 Å². The summed E-state index contributed by atoms with van der Waals surface area (Å²) in [4.78, 5) is 11.4. The average Bonchev–Trinajstić information content (AvgIpc) is 3.09. The van der Waals surface area contributed by atoms with Crippen LogP contribution in [0.1, 0.15) is 44.6 Å². The van der Waals surface area contributed by atoms with Crippen molar-refractivity contribution in [3.05, 3.63) is 29.8 Å². The van der Waals surface area contributed by atoms with E-state index in [-0.39, 0.29) is 11.5 Å². The van der Waals surface area contributed by atoms with Crippen molar-refractivity contribution in [1.29, 1.82) is 0 Å². The predicted molar refractivity (Wildman–Crippen MR) is 93.0 cm³/mol. The van der Waals surface area contributed by atoms with Gasteiger partial charge in [0, 0.05) is 24.3 Å². The minimum absolute atomic E-state index is 0.155. The van der Waals surface area contributed by atoms with Gasteiger partial charge < -0.3 is 24.6 Å². The van der Waals surface area contributed by atoms with Crippen LogP contribution >= 0.6 is 0 Å². The Morgan fingerprint density at radius 1 is 1.20 bits per heavy atom. The summed E-state index contributed by atoms with van der Waals surface area (Å²) in [7, 11) is 1.64. The molecule has 2 aliphatic rings. The number of hydrogen-bond donors (Lipinski definition) is 2. The molecule has 1 saturated carbocycles. The van der Waals surface area contributed by atoms with E-state index in [1.807, 2.05) is 19.1 Å². The van der Waals surface area contributed by atoms with Crippen LogP contribution in [0.15, 0.2) is 24.3 Å². The van der Waals surface area contributed by atoms with Crippen LogP contribution in [0.4, 0.5) is 4.79 Å². The molecule has 1 amide bonds. The average molecular weight is 349 g/mol. The molecule has 2 fully saturated rings. The van der Waals surface area contributed by atoms with Crippen molar-refractivity contribution in [1.82, 2.24) is 5.32 Å². The van der Waals surface area contributed by atoms with Crippen LogP contribution in [-0.4, -0.2) is 43.4 Å². The summed E-state index contributed by atoms with van der Waals surface area (Å²) in [5.41, 5.74) is 0.877. The summed E-state index contributed by atoms with van der Waals surface area (Å²) in [6.45, 7) is 3.30. The van der Waals surface area contributed by atoms with Gasteiger partial charge in [-0.05, 0) is 37.0 Å². The molecule has 6 heteroatoms. The second-order valence-electron chi connectivity index (χ2n) is 6.90. The van der Waals surface area contributed by atoms with Gasteiger partial charge in [-0.25, -0.2) is 4.79 Å². The molecule has 2 N–H and O–H groups in total. The lowest BCUT2D eigenvalue weighted by Gasteiger charge is -2.48. The van der Waals surface area contributed by atoms with E-state index in [0.717, 1.165) is 43.4 Å². The largest absolute Gasteiger partial charge is 0.497 e. The predicted octanol–water partition coefficient (Wildman–Crippen LogP) is 3.30. The van der Waals surface area contributed by atoms with Gasteiger partial charge in [0.05, 0.1) is 20.3 Å². The third-order valence-corrected chi connectivity index (χ3v) is 5.76. The number of carboxylic acid groups (broad SMARTS) is 1. The van der Waals surface area contributed by atoms with Gasteiger partial charge in [-0.2, -0.15) is 0 Å². The Morgan fingerprint density at radius 2 is 1.80 bits per heavy atom. The second-order valence-corrected chi connectivity index (χ2v) is 6.90. The molecule has 1 unspecified atom stereocenters. The van der Waals surface area contributed by atoms with Crippen LogP contribution in [0, 0.1) is 0 Å². The smallest absolute Gasteiger partial charge is 0.404 e. The zero-order valence-electron chi connectivity index (χ0n) is 14.9. The van der Waals surface area contributed by atoms with Crippen LogP contribution in [0.25, 0.3) is 0 Å². The standard InChI is InChI=1S/C19H27NO5/c1-3-16(20-17(21)22)18(14-4-6-15(23-2)7-5-14)8-10-19(11-9-18)24-12-13-25-19/h4-7,16,20H,3,8-13H2,1-2H3,(H,21,22). The number of ether oxygens (including phenoxy) is 3. The number of methoxy groups -OCH3 is 1.